The summed E-state index contributed by atoms with van der Waals surface area (Å²) in [6.45, 7) is 4.36. The quantitative estimate of drug-likeness (QED) is 0.464. The van der Waals surface area contributed by atoms with Crippen molar-refractivity contribution in [3.63, 3.8) is 0 Å². The van der Waals surface area contributed by atoms with Crippen LogP contribution in [0.5, 0.6) is 5.75 Å². The lowest BCUT2D eigenvalue weighted by molar-refractivity contribution is 0.313. The molecule has 1 N–H and O–H groups in total. The minimum absolute atomic E-state index is 0.866. The van der Waals surface area contributed by atoms with Gasteiger partial charge in [-0.25, -0.2) is 0 Å². The third-order valence-corrected chi connectivity index (χ3v) is 6.17. The predicted octanol–water partition coefficient (Wildman–Crippen LogP) is 5.41. The Hall–Kier alpha value is -3.57. The third kappa shape index (κ3) is 4.12. The van der Waals surface area contributed by atoms with Gasteiger partial charge in [0.2, 0.25) is 0 Å². The molecule has 4 aromatic rings. The van der Waals surface area contributed by atoms with Crippen LogP contribution in [0.3, 0.4) is 0 Å². The van der Waals surface area contributed by atoms with Crippen LogP contribution in [-0.2, 0) is 0 Å². The number of rotatable bonds is 5. The fraction of sp³-hybridized carbons (Fsp3) is 0.222. The molecule has 5 heteroatoms. The highest BCUT2D eigenvalue weighted by molar-refractivity contribution is 5.96. The second-order valence-electron chi connectivity index (χ2n) is 8.25. The summed E-state index contributed by atoms with van der Waals surface area (Å²) in [5.74, 6) is 0.866. The number of pyridine rings is 1. The van der Waals surface area contributed by atoms with E-state index in [1.807, 2.05) is 30.5 Å². The zero-order chi connectivity index (χ0) is 21.9. The maximum absolute atomic E-state index is 5.57. The second kappa shape index (κ2) is 8.89. The van der Waals surface area contributed by atoms with E-state index < -0.39 is 0 Å². The number of benzene rings is 3. The van der Waals surface area contributed by atoms with Gasteiger partial charge in [-0.1, -0.05) is 24.3 Å². The normalized spacial score (nSPS) is 14.5. The Morgan fingerprint density at radius 2 is 1.66 bits per heavy atom. The molecule has 0 radical (unpaired) electrons. The number of ether oxygens (including phenoxy) is 1. The lowest BCUT2D eigenvalue weighted by atomic mass is 10.0. The molecule has 0 saturated carbocycles. The summed E-state index contributed by atoms with van der Waals surface area (Å²) in [5, 5.41) is 4.68. The van der Waals surface area contributed by atoms with Gasteiger partial charge in [0.25, 0.3) is 0 Å². The summed E-state index contributed by atoms with van der Waals surface area (Å²) in [7, 11) is 3.89. The zero-order valence-electron chi connectivity index (χ0n) is 18.6. The van der Waals surface area contributed by atoms with Crippen molar-refractivity contribution in [2.45, 2.75) is 0 Å². The molecule has 32 heavy (non-hydrogen) atoms. The van der Waals surface area contributed by atoms with Crippen molar-refractivity contribution in [2.24, 2.45) is 0 Å². The maximum Gasteiger partial charge on any atom is 0.126 e. The number of hydrogen-bond donors (Lipinski definition) is 1. The number of anilines is 3. The zero-order valence-corrected chi connectivity index (χ0v) is 18.6. The molecule has 0 spiro atoms. The summed E-state index contributed by atoms with van der Waals surface area (Å²) in [5.41, 5.74) is 6.53. The number of likely N-dealkylation sites (N-methyl/N-ethyl adjacent to an activating group) is 1. The molecule has 1 aromatic heterocycles. The first kappa shape index (κ1) is 20.3. The van der Waals surface area contributed by atoms with E-state index in [4.69, 9.17) is 4.74 Å². The van der Waals surface area contributed by atoms with Gasteiger partial charge in [0, 0.05) is 60.4 Å². The Morgan fingerprint density at radius 1 is 0.875 bits per heavy atom. The van der Waals surface area contributed by atoms with E-state index in [1.54, 1.807) is 7.11 Å². The topological polar surface area (TPSA) is 40.6 Å². The van der Waals surface area contributed by atoms with Crippen molar-refractivity contribution < 1.29 is 4.74 Å². The van der Waals surface area contributed by atoms with E-state index >= 15 is 0 Å². The van der Waals surface area contributed by atoms with Crippen LogP contribution in [0.2, 0.25) is 0 Å². The van der Waals surface area contributed by atoms with E-state index in [9.17, 15) is 0 Å². The first-order valence-electron chi connectivity index (χ1n) is 11.0. The Bertz CT molecular complexity index is 1210. The molecule has 0 bridgehead atoms. The van der Waals surface area contributed by atoms with Crippen molar-refractivity contribution in [3.8, 4) is 16.9 Å². The Labute approximate surface area is 189 Å². The van der Waals surface area contributed by atoms with Crippen LogP contribution < -0.4 is 15.0 Å². The molecule has 5 nitrogen and oxygen atoms in total. The molecule has 0 unspecified atom stereocenters. The van der Waals surface area contributed by atoms with Crippen LogP contribution in [-0.4, -0.2) is 50.2 Å². The molecule has 162 valence electrons. The molecule has 5 rings (SSSR count). The minimum Gasteiger partial charge on any atom is -0.496 e. The first-order chi connectivity index (χ1) is 15.7. The van der Waals surface area contributed by atoms with E-state index in [1.165, 1.54) is 5.69 Å². The van der Waals surface area contributed by atoms with Gasteiger partial charge in [-0.3, -0.25) is 4.98 Å². The SMILES string of the molecule is COc1ccccc1-c1ccc2nccc(Nc3ccc(N4CCN(C)CC4)cc3)c2c1. The number of para-hydroxylation sites is 1. The van der Waals surface area contributed by atoms with Crippen LogP contribution in [0, 0.1) is 0 Å². The van der Waals surface area contributed by atoms with Gasteiger partial charge in [0.05, 0.1) is 12.6 Å². The van der Waals surface area contributed by atoms with Crippen molar-refractivity contribution in [2.75, 3.05) is 50.6 Å². The van der Waals surface area contributed by atoms with Crippen LogP contribution in [0.1, 0.15) is 0 Å². The summed E-state index contributed by atoms with van der Waals surface area (Å²) < 4.78 is 5.57. The van der Waals surface area contributed by atoms with Crippen LogP contribution in [0.25, 0.3) is 22.0 Å². The van der Waals surface area contributed by atoms with Gasteiger partial charge < -0.3 is 19.9 Å². The fourth-order valence-electron chi connectivity index (χ4n) is 4.28. The first-order valence-corrected chi connectivity index (χ1v) is 11.0. The number of piperazine rings is 1. The Kier molecular flexibility index (Phi) is 5.65. The molecular formula is C27H28N4O. The monoisotopic (exact) mass is 424 g/mol. The van der Waals surface area contributed by atoms with Crippen LogP contribution in [0.15, 0.2) is 79.0 Å². The largest absolute Gasteiger partial charge is 0.496 e. The molecule has 3 aromatic carbocycles. The molecule has 1 aliphatic heterocycles. The molecule has 0 atom stereocenters. The second-order valence-corrected chi connectivity index (χ2v) is 8.25. The number of aromatic nitrogens is 1. The molecule has 1 saturated heterocycles. The number of nitrogens with one attached hydrogen (secondary N) is 1. The van der Waals surface area contributed by atoms with Gasteiger partial charge in [0.15, 0.2) is 0 Å². The van der Waals surface area contributed by atoms with Gasteiger partial charge in [-0.05, 0) is 61.1 Å². The van der Waals surface area contributed by atoms with E-state index in [0.29, 0.717) is 0 Å². The van der Waals surface area contributed by atoms with Gasteiger partial charge in [-0.2, -0.15) is 0 Å². The van der Waals surface area contributed by atoms with Crippen LogP contribution >= 0.6 is 0 Å². The van der Waals surface area contributed by atoms with E-state index in [2.05, 4.69) is 75.7 Å². The number of nitrogens with zero attached hydrogens (tertiary/aromatic N) is 3. The maximum atomic E-state index is 5.57. The molecule has 2 heterocycles. The van der Waals surface area contributed by atoms with E-state index in [0.717, 1.165) is 65.3 Å². The Morgan fingerprint density at radius 3 is 2.44 bits per heavy atom. The lowest BCUT2D eigenvalue weighted by Gasteiger charge is -2.34. The smallest absolute Gasteiger partial charge is 0.126 e. The third-order valence-electron chi connectivity index (χ3n) is 6.17. The van der Waals surface area contributed by atoms with Crippen LogP contribution in [0.4, 0.5) is 17.1 Å². The summed E-state index contributed by atoms with van der Waals surface area (Å²) in [6.07, 6.45) is 1.85. The highest BCUT2D eigenvalue weighted by Crippen LogP contribution is 2.34. The summed E-state index contributed by atoms with van der Waals surface area (Å²) in [4.78, 5) is 9.39. The Balaban J connectivity index is 1.43. The highest BCUT2D eigenvalue weighted by atomic mass is 16.5. The number of hydrogen-bond acceptors (Lipinski definition) is 5. The standard InChI is InChI=1S/C27H28N4O/c1-30-15-17-31(18-16-30)22-10-8-21(9-11-22)29-26-13-14-28-25-12-7-20(19-24(25)26)23-5-3-4-6-27(23)32-2/h3-14,19H,15-18H2,1-2H3,(H,28,29). The van der Waals surface area contributed by atoms with Crippen molar-refractivity contribution in [1.29, 1.82) is 0 Å². The predicted molar refractivity (Wildman–Crippen MR) is 133 cm³/mol. The van der Waals surface area contributed by atoms with E-state index in [-0.39, 0.29) is 0 Å². The summed E-state index contributed by atoms with van der Waals surface area (Å²) >= 11 is 0. The average molecular weight is 425 g/mol. The van der Waals surface area contributed by atoms with Gasteiger partial charge in [-0.15, -0.1) is 0 Å². The molecule has 1 aliphatic rings. The average Bonchev–Trinajstić information content (AvgIpc) is 2.85. The van der Waals surface area contributed by atoms with Gasteiger partial charge >= 0.3 is 0 Å². The van der Waals surface area contributed by atoms with Crippen molar-refractivity contribution in [1.82, 2.24) is 9.88 Å². The summed E-state index contributed by atoms with van der Waals surface area (Å²) in [6, 6.07) is 25.2. The lowest BCUT2D eigenvalue weighted by Crippen LogP contribution is -2.44. The van der Waals surface area contributed by atoms with Crippen molar-refractivity contribution in [3.05, 3.63) is 79.0 Å². The molecule has 0 amide bonds. The van der Waals surface area contributed by atoms with Gasteiger partial charge in [0.1, 0.15) is 5.75 Å². The fourth-order valence-corrected chi connectivity index (χ4v) is 4.28. The van der Waals surface area contributed by atoms with Crippen molar-refractivity contribution >= 4 is 28.0 Å². The molecular weight excluding hydrogens is 396 g/mol. The highest BCUT2D eigenvalue weighted by Gasteiger charge is 2.14. The minimum atomic E-state index is 0.866. The number of methoxy groups -OCH3 is 1. The number of fused-ring (bicyclic) bond motifs is 1. The molecule has 1 fully saturated rings. The molecule has 0 aliphatic carbocycles.